The Kier molecular flexibility index (Phi) is 5.06. The third-order valence-electron chi connectivity index (χ3n) is 4.57. The molecule has 0 saturated carbocycles. The lowest BCUT2D eigenvalue weighted by atomic mass is 10.0. The fraction of sp³-hybridized carbons (Fsp3) is 0.350. The number of nitrogens with zero attached hydrogens (tertiary/aromatic N) is 2. The van der Waals surface area contributed by atoms with Crippen molar-refractivity contribution >= 4 is 11.3 Å². The Bertz CT molecular complexity index is 900. The van der Waals surface area contributed by atoms with Gasteiger partial charge in [0.1, 0.15) is 0 Å². The normalized spacial score (nSPS) is 11.2. The quantitative estimate of drug-likeness (QED) is 0.721. The summed E-state index contributed by atoms with van der Waals surface area (Å²) in [5.41, 5.74) is 8.28. The molecule has 1 aromatic carbocycles. The zero-order chi connectivity index (χ0) is 18.0. The predicted octanol–water partition coefficient (Wildman–Crippen LogP) is 3.51. The number of rotatable bonds is 6. The van der Waals surface area contributed by atoms with Gasteiger partial charge < -0.3 is 15.2 Å². The van der Waals surface area contributed by atoms with Crippen molar-refractivity contribution < 1.29 is 9.84 Å². The second kappa shape index (κ2) is 7.25. The van der Waals surface area contributed by atoms with Gasteiger partial charge in [0.25, 0.3) is 0 Å². The van der Waals surface area contributed by atoms with Crippen LogP contribution < -0.4 is 5.32 Å². The van der Waals surface area contributed by atoms with E-state index in [2.05, 4.69) is 41.5 Å². The van der Waals surface area contributed by atoms with Crippen LogP contribution in [0.4, 0.5) is 5.69 Å². The summed E-state index contributed by atoms with van der Waals surface area (Å²) in [5.74, 6) is 0. The Morgan fingerprint density at radius 1 is 1.24 bits per heavy atom. The van der Waals surface area contributed by atoms with E-state index in [-0.39, 0.29) is 6.61 Å². The van der Waals surface area contributed by atoms with Crippen molar-refractivity contribution in [2.24, 2.45) is 0 Å². The molecule has 5 heteroatoms. The van der Waals surface area contributed by atoms with Crippen molar-refractivity contribution in [1.29, 1.82) is 0 Å². The highest BCUT2D eigenvalue weighted by molar-refractivity contribution is 5.70. The second-order valence-corrected chi connectivity index (χ2v) is 6.43. The van der Waals surface area contributed by atoms with E-state index in [9.17, 15) is 5.11 Å². The number of fused-ring (bicyclic) bond motifs is 1. The number of aryl methyl sites for hydroxylation is 3. The molecule has 0 aliphatic carbocycles. The summed E-state index contributed by atoms with van der Waals surface area (Å²) in [5, 5.41) is 13.2. The van der Waals surface area contributed by atoms with E-state index in [0.29, 0.717) is 13.2 Å². The number of benzene rings is 1. The Morgan fingerprint density at radius 2 is 2.04 bits per heavy atom. The smallest absolute Gasteiger partial charge is 0.160 e. The summed E-state index contributed by atoms with van der Waals surface area (Å²) in [6.07, 6.45) is 2.01. The summed E-state index contributed by atoms with van der Waals surface area (Å²) >= 11 is 0. The first-order valence-electron chi connectivity index (χ1n) is 8.44. The molecule has 0 atom stereocenters. The number of aliphatic hydroxyl groups excluding tert-OH is 1. The van der Waals surface area contributed by atoms with Crippen LogP contribution in [-0.2, 0) is 24.5 Å². The molecule has 0 fully saturated rings. The minimum absolute atomic E-state index is 0.0221. The van der Waals surface area contributed by atoms with Gasteiger partial charge in [-0.1, -0.05) is 18.2 Å². The topological polar surface area (TPSA) is 58.8 Å². The summed E-state index contributed by atoms with van der Waals surface area (Å²) in [6, 6.07) is 8.37. The van der Waals surface area contributed by atoms with Crippen molar-refractivity contribution in [3.05, 3.63) is 64.1 Å². The van der Waals surface area contributed by atoms with Gasteiger partial charge in [0, 0.05) is 19.9 Å². The van der Waals surface area contributed by atoms with Crippen molar-refractivity contribution in [3.8, 4) is 0 Å². The molecular weight excluding hydrogens is 314 g/mol. The van der Waals surface area contributed by atoms with Crippen LogP contribution in [0.15, 0.2) is 30.5 Å². The maximum Gasteiger partial charge on any atom is 0.160 e. The molecule has 5 nitrogen and oxygen atoms in total. The summed E-state index contributed by atoms with van der Waals surface area (Å²) < 4.78 is 7.30. The van der Waals surface area contributed by atoms with Crippen LogP contribution in [-0.4, -0.2) is 21.6 Å². The maximum atomic E-state index is 9.63. The first-order valence-corrected chi connectivity index (χ1v) is 8.44. The first-order chi connectivity index (χ1) is 12.0. The molecule has 2 aromatic heterocycles. The Labute approximate surface area is 148 Å². The highest BCUT2D eigenvalue weighted by Crippen LogP contribution is 2.24. The molecule has 0 amide bonds. The second-order valence-electron chi connectivity index (χ2n) is 6.43. The van der Waals surface area contributed by atoms with Crippen LogP contribution in [0.2, 0.25) is 0 Å². The van der Waals surface area contributed by atoms with E-state index in [0.717, 1.165) is 28.3 Å². The van der Waals surface area contributed by atoms with Crippen LogP contribution in [0, 0.1) is 20.8 Å². The number of aliphatic hydroxyl groups is 1. The molecular formula is C20H25N3O2. The minimum atomic E-state index is -0.0221. The molecule has 0 unspecified atom stereocenters. The van der Waals surface area contributed by atoms with Gasteiger partial charge in [0.15, 0.2) is 5.65 Å². The maximum absolute atomic E-state index is 9.63. The van der Waals surface area contributed by atoms with Gasteiger partial charge in [-0.15, -0.1) is 0 Å². The molecule has 0 spiro atoms. The molecule has 3 aromatic rings. The van der Waals surface area contributed by atoms with Crippen LogP contribution in [0.3, 0.4) is 0 Å². The van der Waals surface area contributed by atoms with Crippen LogP contribution >= 0.6 is 0 Å². The molecule has 3 rings (SSSR count). The summed E-state index contributed by atoms with van der Waals surface area (Å²) in [7, 11) is 1.72. The third-order valence-corrected chi connectivity index (χ3v) is 4.57. The molecule has 132 valence electrons. The van der Waals surface area contributed by atoms with Crippen LogP contribution in [0.5, 0.6) is 0 Å². The number of hydrogen-bond acceptors (Lipinski definition) is 4. The average molecular weight is 339 g/mol. The van der Waals surface area contributed by atoms with Crippen molar-refractivity contribution in [2.75, 3.05) is 12.4 Å². The van der Waals surface area contributed by atoms with E-state index in [1.165, 1.54) is 16.7 Å². The molecule has 0 bridgehead atoms. The fourth-order valence-electron chi connectivity index (χ4n) is 3.25. The molecule has 0 aliphatic rings. The van der Waals surface area contributed by atoms with Crippen molar-refractivity contribution in [3.63, 3.8) is 0 Å². The standard InChI is InChI=1S/C20H25N3O2/c1-13-8-18(20-22-15(3)19(11-24)23(20)10-13)21-9-17-14(2)6-5-7-16(17)12-25-4/h5-8,10,21,24H,9,11-12H2,1-4H3. The lowest BCUT2D eigenvalue weighted by Crippen LogP contribution is -2.07. The van der Waals surface area contributed by atoms with Gasteiger partial charge in [-0.2, -0.15) is 0 Å². The zero-order valence-corrected chi connectivity index (χ0v) is 15.3. The average Bonchev–Trinajstić information content (AvgIpc) is 2.89. The number of methoxy groups -OCH3 is 1. The first kappa shape index (κ1) is 17.5. The molecule has 2 heterocycles. The third kappa shape index (κ3) is 3.38. The van der Waals surface area contributed by atoms with E-state index < -0.39 is 0 Å². The van der Waals surface area contributed by atoms with Crippen LogP contribution in [0.1, 0.15) is 33.6 Å². The number of nitrogens with one attached hydrogen (secondary N) is 1. The molecule has 0 radical (unpaired) electrons. The van der Waals surface area contributed by atoms with E-state index in [1.54, 1.807) is 7.11 Å². The van der Waals surface area contributed by atoms with Crippen molar-refractivity contribution in [2.45, 2.75) is 40.5 Å². The summed E-state index contributed by atoms with van der Waals surface area (Å²) in [6.45, 7) is 7.36. The highest BCUT2D eigenvalue weighted by atomic mass is 16.5. The number of anilines is 1. The molecule has 0 aliphatic heterocycles. The van der Waals surface area contributed by atoms with Gasteiger partial charge in [-0.3, -0.25) is 4.40 Å². The SMILES string of the molecule is COCc1cccc(C)c1CNc1cc(C)cn2c(CO)c(C)nc12. The summed E-state index contributed by atoms with van der Waals surface area (Å²) in [4.78, 5) is 4.63. The van der Waals surface area contributed by atoms with E-state index in [1.807, 2.05) is 24.4 Å². The number of imidazole rings is 1. The van der Waals surface area contributed by atoms with Crippen molar-refractivity contribution in [1.82, 2.24) is 9.38 Å². The molecule has 25 heavy (non-hydrogen) atoms. The highest BCUT2D eigenvalue weighted by Gasteiger charge is 2.13. The lowest BCUT2D eigenvalue weighted by molar-refractivity contribution is 0.184. The number of ether oxygens (including phenoxy) is 1. The number of pyridine rings is 1. The van der Waals surface area contributed by atoms with Gasteiger partial charge in [-0.25, -0.2) is 4.98 Å². The fourth-order valence-corrected chi connectivity index (χ4v) is 3.25. The Hall–Kier alpha value is -2.37. The monoisotopic (exact) mass is 339 g/mol. The largest absolute Gasteiger partial charge is 0.390 e. The van der Waals surface area contributed by atoms with Gasteiger partial charge in [-0.05, 0) is 49.1 Å². The number of aromatic nitrogens is 2. The van der Waals surface area contributed by atoms with Gasteiger partial charge in [0.05, 0.1) is 30.3 Å². The van der Waals surface area contributed by atoms with E-state index in [4.69, 9.17) is 4.74 Å². The zero-order valence-electron chi connectivity index (χ0n) is 15.3. The van der Waals surface area contributed by atoms with Crippen LogP contribution in [0.25, 0.3) is 5.65 Å². The minimum Gasteiger partial charge on any atom is -0.390 e. The van der Waals surface area contributed by atoms with Gasteiger partial charge >= 0.3 is 0 Å². The van der Waals surface area contributed by atoms with Gasteiger partial charge in [0.2, 0.25) is 0 Å². The number of hydrogen-bond donors (Lipinski definition) is 2. The molecule has 0 saturated heterocycles. The lowest BCUT2D eigenvalue weighted by Gasteiger charge is -2.15. The Morgan fingerprint density at radius 3 is 2.76 bits per heavy atom. The molecule has 2 N–H and O–H groups in total. The Balaban J connectivity index is 1.97. The van der Waals surface area contributed by atoms with E-state index >= 15 is 0 Å². The predicted molar refractivity (Wildman–Crippen MR) is 99.8 cm³/mol.